The molecule has 6 aliphatic carbocycles. The summed E-state index contributed by atoms with van der Waals surface area (Å²) in [5, 5.41) is 25.9. The third-order valence-corrected chi connectivity index (χ3v) is 17.7. The first-order chi connectivity index (χ1) is 24.9. The maximum atomic E-state index is 15.4. The molecule has 2 spiro atoms. The number of fused-ring (bicyclic) bond motifs is 1. The minimum Gasteiger partial charge on any atom is -0.393 e. The average Bonchev–Trinajstić information content (AvgIpc) is 3.79. The molecule has 8 atom stereocenters. The molecule has 3 fully saturated rings. The number of benzene rings is 2. The smallest absolute Gasteiger partial charge is 0.252 e. The van der Waals surface area contributed by atoms with Crippen LogP contribution in [0.5, 0.6) is 0 Å². The van der Waals surface area contributed by atoms with Gasteiger partial charge in [-0.2, -0.15) is 4.31 Å². The van der Waals surface area contributed by atoms with Crippen LogP contribution >= 0.6 is 11.3 Å². The predicted octanol–water partition coefficient (Wildman–Crippen LogP) is 7.92. The Labute approximate surface area is 312 Å². The van der Waals surface area contributed by atoms with Gasteiger partial charge in [0.1, 0.15) is 4.21 Å². The van der Waals surface area contributed by atoms with Crippen molar-refractivity contribution in [3.05, 3.63) is 101 Å². The number of sulfonamides is 1. The van der Waals surface area contributed by atoms with Crippen LogP contribution in [0.3, 0.4) is 0 Å². The van der Waals surface area contributed by atoms with E-state index in [0.717, 1.165) is 42.4 Å². The van der Waals surface area contributed by atoms with Crippen LogP contribution in [-0.2, 0) is 14.8 Å². The van der Waals surface area contributed by atoms with Crippen molar-refractivity contribution in [3.8, 4) is 11.1 Å². The van der Waals surface area contributed by atoms with Crippen LogP contribution in [0.25, 0.3) is 11.1 Å². The molecule has 3 aromatic rings. The molecule has 52 heavy (non-hydrogen) atoms. The summed E-state index contributed by atoms with van der Waals surface area (Å²) in [5.74, 6) is 0.0567. The molecular weight excluding hydrogens is 691 g/mol. The van der Waals surface area contributed by atoms with Gasteiger partial charge in [0.25, 0.3) is 10.0 Å². The van der Waals surface area contributed by atoms with Crippen molar-refractivity contribution in [2.45, 2.75) is 81.1 Å². The molecule has 8 unspecified atom stereocenters. The topological polar surface area (TPSA) is 104 Å². The lowest BCUT2D eigenvalue weighted by atomic mass is 9.32. The number of carbonyl (C=O) groups excluding carboxylic acids is 1. The SMILES string of the molecule is COCCCN(CC1(O)CCC2C34C=CC5(C=C3C(=O)c3ccccc3-c3ccccc3)CC(O)CCC5(C)C4CCC21C)S(=O)(=O)c1cccs1. The highest BCUT2D eigenvalue weighted by atomic mass is 32.2. The van der Waals surface area contributed by atoms with Gasteiger partial charge in [-0.05, 0) is 91.2 Å². The van der Waals surface area contributed by atoms with Gasteiger partial charge in [-0.25, -0.2) is 8.42 Å². The average molecular weight is 742 g/mol. The third-order valence-electron chi connectivity index (χ3n) is 14.5. The van der Waals surface area contributed by atoms with E-state index in [1.165, 1.54) is 15.6 Å². The van der Waals surface area contributed by atoms with Gasteiger partial charge < -0.3 is 14.9 Å². The Morgan fingerprint density at radius 1 is 0.923 bits per heavy atom. The summed E-state index contributed by atoms with van der Waals surface area (Å²) in [7, 11) is -2.24. The molecule has 0 radical (unpaired) electrons. The highest BCUT2D eigenvalue weighted by Gasteiger charge is 2.74. The van der Waals surface area contributed by atoms with Crippen LogP contribution in [0.4, 0.5) is 0 Å². The second kappa shape index (κ2) is 12.8. The number of hydrogen-bond acceptors (Lipinski definition) is 7. The van der Waals surface area contributed by atoms with Crippen LogP contribution in [0.2, 0.25) is 0 Å². The Hall–Kier alpha value is -2.92. The number of carbonyl (C=O) groups is 1. The number of thiophene rings is 1. The summed E-state index contributed by atoms with van der Waals surface area (Å²) in [6, 6.07) is 21.3. The number of ketones is 1. The first kappa shape index (κ1) is 36.1. The zero-order chi connectivity index (χ0) is 36.6. The van der Waals surface area contributed by atoms with Crippen molar-refractivity contribution in [3.63, 3.8) is 0 Å². The standard InChI is InChI=1S/C43H51NO6S2/c1-39-19-16-31(45)27-41(39)22-23-43(34(28-41)38(46)33-14-8-7-13-32(33)30-11-5-4-6-12-30)35(39)17-20-40(2)36(43)18-21-42(40,47)29-44(24-10-25-50-3)52(48,49)37-15-9-26-51-37/h4-9,11-15,22-23,26,28,31,35-36,45,47H,10,16-21,24-25,27,29H2,1-3H3. The number of aliphatic hydroxyl groups is 2. The number of hydrogen-bond donors (Lipinski definition) is 2. The lowest BCUT2D eigenvalue weighted by molar-refractivity contribution is -0.173. The molecular formula is C43H51NO6S2. The molecule has 1 heterocycles. The Bertz CT molecular complexity index is 2010. The molecule has 2 aromatic carbocycles. The Kier molecular flexibility index (Phi) is 8.91. The number of Topliss-reactive ketones (excluding diaryl/α,β-unsaturated/α-hetero) is 1. The molecule has 0 amide bonds. The highest BCUT2D eigenvalue weighted by molar-refractivity contribution is 7.91. The number of rotatable bonds is 11. The largest absolute Gasteiger partial charge is 0.393 e. The van der Waals surface area contributed by atoms with E-state index >= 15 is 4.79 Å². The van der Waals surface area contributed by atoms with Crippen molar-refractivity contribution in [1.82, 2.24) is 4.31 Å². The molecule has 6 aliphatic rings. The van der Waals surface area contributed by atoms with Crippen LogP contribution in [0.15, 0.2) is 100 Å². The van der Waals surface area contributed by atoms with Crippen molar-refractivity contribution in [2.24, 2.45) is 33.5 Å². The van der Waals surface area contributed by atoms with E-state index < -0.39 is 38.0 Å². The fourth-order valence-electron chi connectivity index (χ4n) is 11.8. The van der Waals surface area contributed by atoms with Gasteiger partial charge in [0.05, 0.1) is 11.7 Å². The molecule has 0 saturated heterocycles. The van der Waals surface area contributed by atoms with E-state index in [2.05, 4.69) is 32.1 Å². The minimum absolute atomic E-state index is 0.00829. The van der Waals surface area contributed by atoms with Gasteiger partial charge in [-0.1, -0.05) is 92.7 Å². The summed E-state index contributed by atoms with van der Waals surface area (Å²) in [6.45, 7) is 5.20. The lowest BCUT2D eigenvalue weighted by Crippen LogP contribution is -2.67. The molecule has 9 rings (SSSR count). The van der Waals surface area contributed by atoms with Crippen molar-refractivity contribution < 1.29 is 28.2 Å². The summed E-state index contributed by atoms with van der Waals surface area (Å²) in [6.07, 6.45) is 11.8. The van der Waals surface area contributed by atoms with E-state index in [1.807, 2.05) is 54.6 Å². The van der Waals surface area contributed by atoms with Crippen LogP contribution < -0.4 is 0 Å². The van der Waals surface area contributed by atoms with Crippen molar-refractivity contribution in [2.75, 3.05) is 26.8 Å². The maximum absolute atomic E-state index is 15.4. The van der Waals surface area contributed by atoms with E-state index in [-0.39, 0.29) is 40.3 Å². The molecule has 2 bridgehead atoms. The van der Waals surface area contributed by atoms with Crippen molar-refractivity contribution >= 4 is 27.1 Å². The zero-order valence-electron chi connectivity index (χ0n) is 30.5. The Morgan fingerprint density at radius 3 is 2.38 bits per heavy atom. The molecule has 3 saturated carbocycles. The van der Waals surface area contributed by atoms with Gasteiger partial charge in [0.15, 0.2) is 5.78 Å². The summed E-state index contributed by atoms with van der Waals surface area (Å²) in [5.41, 5.74) is 0.0899. The zero-order valence-corrected chi connectivity index (χ0v) is 32.1. The maximum Gasteiger partial charge on any atom is 0.252 e. The van der Waals surface area contributed by atoms with Gasteiger partial charge in [0, 0.05) is 54.2 Å². The summed E-state index contributed by atoms with van der Waals surface area (Å²) >= 11 is 1.20. The lowest BCUT2D eigenvalue weighted by Gasteiger charge is -2.71. The van der Waals surface area contributed by atoms with E-state index in [4.69, 9.17) is 4.74 Å². The second-order valence-corrected chi connectivity index (χ2v) is 19.8. The summed E-state index contributed by atoms with van der Waals surface area (Å²) in [4.78, 5) is 15.4. The Balaban J connectivity index is 1.24. The van der Waals surface area contributed by atoms with E-state index in [1.54, 1.807) is 24.6 Å². The highest BCUT2D eigenvalue weighted by Crippen LogP contribution is 2.78. The molecule has 1 aromatic heterocycles. The molecule has 276 valence electrons. The first-order valence-electron chi connectivity index (χ1n) is 18.9. The van der Waals surface area contributed by atoms with Crippen LogP contribution in [0.1, 0.15) is 75.6 Å². The fourth-order valence-corrected chi connectivity index (χ4v) is 14.5. The molecule has 9 heteroatoms. The van der Waals surface area contributed by atoms with E-state index in [9.17, 15) is 18.6 Å². The number of nitrogens with zero attached hydrogens (tertiary/aromatic N) is 1. The number of methoxy groups -OCH3 is 1. The first-order valence-corrected chi connectivity index (χ1v) is 21.2. The fraction of sp³-hybridized carbons (Fsp3) is 0.512. The number of allylic oxidation sites excluding steroid dienone is 4. The quantitative estimate of drug-likeness (QED) is 0.118. The minimum atomic E-state index is -3.85. The monoisotopic (exact) mass is 741 g/mol. The van der Waals surface area contributed by atoms with Gasteiger partial charge >= 0.3 is 0 Å². The van der Waals surface area contributed by atoms with Crippen LogP contribution in [0, 0.1) is 33.5 Å². The van der Waals surface area contributed by atoms with Crippen molar-refractivity contribution in [1.29, 1.82) is 0 Å². The van der Waals surface area contributed by atoms with Gasteiger partial charge in [-0.15, -0.1) is 11.3 Å². The number of aliphatic hydroxyl groups excluding tert-OH is 1. The van der Waals surface area contributed by atoms with Gasteiger partial charge in [-0.3, -0.25) is 4.79 Å². The molecule has 7 nitrogen and oxygen atoms in total. The predicted molar refractivity (Wildman–Crippen MR) is 204 cm³/mol. The molecule has 0 aliphatic heterocycles. The number of ether oxygens (including phenoxy) is 1. The van der Waals surface area contributed by atoms with E-state index in [0.29, 0.717) is 37.9 Å². The second-order valence-electron chi connectivity index (χ2n) is 16.7. The van der Waals surface area contributed by atoms with Gasteiger partial charge in [0.2, 0.25) is 0 Å². The van der Waals surface area contributed by atoms with Crippen LogP contribution in [-0.4, -0.2) is 67.2 Å². The summed E-state index contributed by atoms with van der Waals surface area (Å²) < 4.78 is 35.3. The normalized spacial score (nSPS) is 36.3. The Morgan fingerprint density at radius 2 is 1.63 bits per heavy atom. The molecule has 2 N–H and O–H groups in total. The third kappa shape index (κ3) is 5.09.